The minimum Gasteiger partial charge on any atom is -0.444 e. The summed E-state index contributed by atoms with van der Waals surface area (Å²) in [6.45, 7) is 15.7. The number of piperazine rings is 1. The van der Waals surface area contributed by atoms with Crippen LogP contribution in [0.2, 0.25) is 0 Å². The van der Waals surface area contributed by atoms with E-state index in [1.807, 2.05) is 27.7 Å². The molecule has 1 atom stereocenters. The van der Waals surface area contributed by atoms with Gasteiger partial charge in [0.2, 0.25) is 0 Å². The maximum atomic E-state index is 12.0. The third kappa shape index (κ3) is 3.73. The molecule has 0 bridgehead atoms. The van der Waals surface area contributed by atoms with Crippen LogP contribution in [-0.2, 0) is 4.74 Å². The van der Waals surface area contributed by atoms with Gasteiger partial charge in [0.15, 0.2) is 0 Å². The number of ether oxygens (including phenoxy) is 1. The molecule has 0 saturated carbocycles. The van der Waals surface area contributed by atoms with E-state index in [1.165, 1.54) is 0 Å². The van der Waals surface area contributed by atoms with E-state index in [4.69, 9.17) is 4.74 Å². The number of carbonyl (C=O) groups excluding carboxylic acids is 1. The predicted molar refractivity (Wildman–Crippen MR) is 69.0 cm³/mol. The first kappa shape index (κ1) is 14.0. The van der Waals surface area contributed by atoms with E-state index in [9.17, 15) is 4.79 Å². The highest BCUT2D eigenvalue weighted by molar-refractivity contribution is 5.68. The zero-order valence-corrected chi connectivity index (χ0v) is 11.6. The zero-order chi connectivity index (χ0) is 13.3. The Hall–Kier alpha value is -1.03. The standard InChI is InChI=1S/C13H24N2O2/c1-10(2)13(6)9-15(8-7-14-13)11(16)17-12(3,4)5/h14H,1,7-9H2,2-6H3. The van der Waals surface area contributed by atoms with Gasteiger partial charge in [-0.3, -0.25) is 0 Å². The van der Waals surface area contributed by atoms with Gasteiger partial charge in [-0.1, -0.05) is 12.2 Å². The highest BCUT2D eigenvalue weighted by atomic mass is 16.6. The zero-order valence-electron chi connectivity index (χ0n) is 11.6. The Morgan fingerprint density at radius 1 is 1.47 bits per heavy atom. The van der Waals surface area contributed by atoms with E-state index in [0.717, 1.165) is 12.1 Å². The maximum absolute atomic E-state index is 12.0. The molecule has 1 unspecified atom stereocenters. The summed E-state index contributed by atoms with van der Waals surface area (Å²) in [5.41, 5.74) is 0.377. The van der Waals surface area contributed by atoms with Gasteiger partial charge in [-0.25, -0.2) is 4.79 Å². The Kier molecular flexibility index (Phi) is 3.87. The molecule has 1 aliphatic heterocycles. The van der Waals surface area contributed by atoms with Crippen molar-refractivity contribution in [3.8, 4) is 0 Å². The van der Waals surface area contributed by atoms with Gasteiger partial charge >= 0.3 is 6.09 Å². The molecular weight excluding hydrogens is 216 g/mol. The molecule has 4 nitrogen and oxygen atoms in total. The van der Waals surface area contributed by atoms with E-state index in [0.29, 0.717) is 13.1 Å². The van der Waals surface area contributed by atoms with E-state index in [-0.39, 0.29) is 11.6 Å². The summed E-state index contributed by atoms with van der Waals surface area (Å²) in [4.78, 5) is 13.7. The highest BCUT2D eigenvalue weighted by Gasteiger charge is 2.34. The van der Waals surface area contributed by atoms with Gasteiger partial charge < -0.3 is 15.0 Å². The van der Waals surface area contributed by atoms with Gasteiger partial charge in [0.1, 0.15) is 5.60 Å². The van der Waals surface area contributed by atoms with E-state index >= 15 is 0 Å². The molecule has 1 aliphatic rings. The first-order valence-electron chi connectivity index (χ1n) is 6.03. The van der Waals surface area contributed by atoms with Gasteiger partial charge in [-0.15, -0.1) is 0 Å². The Morgan fingerprint density at radius 2 is 2.06 bits per heavy atom. The fourth-order valence-electron chi connectivity index (χ4n) is 1.75. The van der Waals surface area contributed by atoms with Gasteiger partial charge in [0, 0.05) is 19.6 Å². The number of amides is 1. The highest BCUT2D eigenvalue weighted by Crippen LogP contribution is 2.20. The summed E-state index contributed by atoms with van der Waals surface area (Å²) in [6.07, 6.45) is -0.244. The lowest BCUT2D eigenvalue weighted by Gasteiger charge is -2.42. The van der Waals surface area contributed by atoms with Crippen LogP contribution in [0.4, 0.5) is 4.79 Å². The van der Waals surface area contributed by atoms with Crippen LogP contribution in [0.1, 0.15) is 34.6 Å². The third-order valence-corrected chi connectivity index (χ3v) is 3.00. The van der Waals surface area contributed by atoms with Gasteiger partial charge in [-0.05, 0) is 34.6 Å². The molecule has 1 fully saturated rings. The van der Waals surface area contributed by atoms with E-state index in [2.05, 4.69) is 18.8 Å². The van der Waals surface area contributed by atoms with Crippen LogP contribution < -0.4 is 5.32 Å². The Labute approximate surface area is 104 Å². The van der Waals surface area contributed by atoms with Crippen LogP contribution in [0.5, 0.6) is 0 Å². The summed E-state index contributed by atoms with van der Waals surface area (Å²) in [6, 6.07) is 0. The largest absolute Gasteiger partial charge is 0.444 e. The monoisotopic (exact) mass is 240 g/mol. The van der Waals surface area contributed by atoms with Gasteiger partial charge in [0.25, 0.3) is 0 Å². The predicted octanol–water partition coefficient (Wildman–Crippen LogP) is 2.16. The number of carbonyl (C=O) groups is 1. The van der Waals surface area contributed by atoms with Crippen molar-refractivity contribution in [3.63, 3.8) is 0 Å². The summed E-state index contributed by atoms with van der Waals surface area (Å²) in [5, 5.41) is 3.39. The molecule has 0 aromatic rings. The van der Waals surface area contributed by atoms with Crippen molar-refractivity contribution < 1.29 is 9.53 Å². The quantitative estimate of drug-likeness (QED) is 0.714. The molecule has 1 N–H and O–H groups in total. The van der Waals surface area contributed by atoms with Crippen LogP contribution in [0.3, 0.4) is 0 Å². The van der Waals surface area contributed by atoms with Crippen molar-refractivity contribution in [1.29, 1.82) is 0 Å². The number of nitrogens with one attached hydrogen (secondary N) is 1. The minimum absolute atomic E-state index is 0.213. The summed E-state index contributed by atoms with van der Waals surface area (Å²) >= 11 is 0. The molecule has 98 valence electrons. The van der Waals surface area contributed by atoms with Crippen molar-refractivity contribution >= 4 is 6.09 Å². The molecular formula is C13H24N2O2. The molecule has 0 aromatic heterocycles. The molecule has 17 heavy (non-hydrogen) atoms. The summed E-state index contributed by atoms with van der Waals surface area (Å²) < 4.78 is 5.38. The van der Waals surface area contributed by atoms with Gasteiger partial charge in [0.05, 0.1) is 5.54 Å². The lowest BCUT2D eigenvalue weighted by molar-refractivity contribution is 0.0161. The van der Waals surface area contributed by atoms with Crippen molar-refractivity contribution in [2.24, 2.45) is 0 Å². The van der Waals surface area contributed by atoms with Crippen LogP contribution in [0, 0.1) is 0 Å². The molecule has 0 aromatic carbocycles. The molecule has 0 aliphatic carbocycles. The van der Waals surface area contributed by atoms with Crippen molar-refractivity contribution in [1.82, 2.24) is 10.2 Å². The first-order chi connectivity index (χ1) is 7.64. The smallest absolute Gasteiger partial charge is 0.410 e. The third-order valence-electron chi connectivity index (χ3n) is 3.00. The number of rotatable bonds is 1. The number of nitrogens with zero attached hydrogens (tertiary/aromatic N) is 1. The SMILES string of the molecule is C=C(C)C1(C)CN(C(=O)OC(C)(C)C)CCN1. The first-order valence-corrected chi connectivity index (χ1v) is 6.03. The molecule has 1 rings (SSSR count). The number of hydrogen-bond acceptors (Lipinski definition) is 3. The fraction of sp³-hybridized carbons (Fsp3) is 0.769. The lowest BCUT2D eigenvalue weighted by Crippen LogP contribution is -2.60. The van der Waals surface area contributed by atoms with Gasteiger partial charge in [-0.2, -0.15) is 0 Å². The maximum Gasteiger partial charge on any atom is 0.410 e. The fourth-order valence-corrected chi connectivity index (χ4v) is 1.75. The Bertz CT molecular complexity index is 320. The van der Waals surface area contributed by atoms with E-state index < -0.39 is 5.60 Å². The molecule has 1 heterocycles. The topological polar surface area (TPSA) is 41.6 Å². The van der Waals surface area contributed by atoms with Crippen LogP contribution in [0.25, 0.3) is 0 Å². The van der Waals surface area contributed by atoms with Crippen LogP contribution in [-0.4, -0.2) is 41.8 Å². The van der Waals surface area contributed by atoms with Crippen molar-refractivity contribution in [2.45, 2.75) is 45.8 Å². The molecule has 1 saturated heterocycles. The van der Waals surface area contributed by atoms with Crippen LogP contribution in [0.15, 0.2) is 12.2 Å². The Balaban J connectivity index is 2.67. The van der Waals surface area contributed by atoms with E-state index in [1.54, 1.807) is 4.90 Å². The second kappa shape index (κ2) is 4.69. The normalized spacial score (nSPS) is 25.6. The molecule has 0 spiro atoms. The average Bonchev–Trinajstić information content (AvgIpc) is 2.15. The molecule has 1 amide bonds. The number of hydrogen-bond donors (Lipinski definition) is 1. The lowest BCUT2D eigenvalue weighted by atomic mass is 9.92. The second-order valence-electron chi connectivity index (χ2n) is 5.94. The summed E-state index contributed by atoms with van der Waals surface area (Å²) in [5.74, 6) is 0. The average molecular weight is 240 g/mol. The molecule has 4 heteroatoms. The minimum atomic E-state index is -0.443. The summed E-state index contributed by atoms with van der Waals surface area (Å²) in [7, 11) is 0. The Morgan fingerprint density at radius 3 is 2.53 bits per heavy atom. The molecule has 0 radical (unpaired) electrons. The van der Waals surface area contributed by atoms with Crippen molar-refractivity contribution in [3.05, 3.63) is 12.2 Å². The second-order valence-corrected chi connectivity index (χ2v) is 5.94. The van der Waals surface area contributed by atoms with Crippen molar-refractivity contribution in [2.75, 3.05) is 19.6 Å². The van der Waals surface area contributed by atoms with Crippen LogP contribution >= 0.6 is 0 Å².